The van der Waals surface area contributed by atoms with Gasteiger partial charge in [-0.15, -0.1) is 0 Å². The van der Waals surface area contributed by atoms with Crippen LogP contribution in [0.5, 0.6) is 0 Å². The summed E-state index contributed by atoms with van der Waals surface area (Å²) >= 11 is 5.90. The number of nitrogens with zero attached hydrogens (tertiary/aromatic N) is 2. The third-order valence-corrected chi connectivity index (χ3v) is 6.57. The molecular weight excluding hydrogens is 448 g/mol. The molecule has 1 unspecified atom stereocenters. The highest BCUT2D eigenvalue weighted by molar-refractivity contribution is 6.30. The van der Waals surface area contributed by atoms with Crippen LogP contribution < -0.4 is 0 Å². The van der Waals surface area contributed by atoms with E-state index in [9.17, 15) is 18.0 Å². The summed E-state index contributed by atoms with van der Waals surface area (Å²) < 4.78 is 57.3. The molecule has 0 spiro atoms. The van der Waals surface area contributed by atoms with Gasteiger partial charge in [0.1, 0.15) is 0 Å². The van der Waals surface area contributed by atoms with Crippen LogP contribution in [0.4, 0.5) is 17.6 Å². The Hall–Kier alpha value is -2.61. The molecule has 2 aliphatic heterocycles. The molecular formula is C23H19ClF4N2O2. The van der Waals surface area contributed by atoms with E-state index in [1.165, 1.54) is 53.4 Å². The minimum Gasteiger partial charge on any atom is -0.374 e. The summed E-state index contributed by atoms with van der Waals surface area (Å²) in [6, 6.07) is 11.6. The summed E-state index contributed by atoms with van der Waals surface area (Å²) in [5, 5.41) is 3.89. The molecule has 5 rings (SSSR count). The molecule has 3 aliphatic rings. The van der Waals surface area contributed by atoms with Gasteiger partial charge in [0.05, 0.1) is 18.8 Å². The SMILES string of the molecule is O=C(C1CC1)N1CC(F)(c2ccc(C3=NOC(c4cccc(Cl)c4)(C(F)(F)F)C3)cc2)C1. The molecule has 2 aromatic carbocycles. The first kappa shape index (κ1) is 21.2. The van der Waals surface area contributed by atoms with Crippen molar-refractivity contribution in [3.8, 4) is 0 Å². The van der Waals surface area contributed by atoms with Crippen molar-refractivity contribution >= 4 is 23.2 Å². The average molecular weight is 467 g/mol. The van der Waals surface area contributed by atoms with Crippen molar-refractivity contribution in [2.24, 2.45) is 11.1 Å². The van der Waals surface area contributed by atoms with E-state index in [0.717, 1.165) is 12.8 Å². The molecule has 1 amide bonds. The largest absolute Gasteiger partial charge is 0.435 e. The monoisotopic (exact) mass is 466 g/mol. The van der Waals surface area contributed by atoms with Crippen molar-refractivity contribution in [3.63, 3.8) is 0 Å². The fourth-order valence-corrected chi connectivity index (χ4v) is 4.44. The van der Waals surface area contributed by atoms with Crippen LogP contribution in [-0.2, 0) is 20.9 Å². The third-order valence-electron chi connectivity index (χ3n) is 6.33. The lowest BCUT2D eigenvalue weighted by Gasteiger charge is -2.45. The second-order valence-corrected chi connectivity index (χ2v) is 9.09. The predicted octanol–water partition coefficient (Wildman–Crippen LogP) is 5.34. The number of alkyl halides is 4. The standard InChI is InChI=1S/C23H19ClF4N2O2/c24-18-3-1-2-17(10-18)22(23(26,27)28)11-19(29-32-22)14-6-8-16(9-7-14)21(25)12-30(13-21)20(31)15-4-5-15/h1-3,6-10,15H,4-5,11-13H2. The second-order valence-electron chi connectivity index (χ2n) is 8.65. The molecule has 2 aromatic rings. The molecule has 1 saturated carbocycles. The first-order valence-corrected chi connectivity index (χ1v) is 10.7. The zero-order valence-electron chi connectivity index (χ0n) is 16.8. The minimum atomic E-state index is -4.73. The summed E-state index contributed by atoms with van der Waals surface area (Å²) in [4.78, 5) is 18.6. The van der Waals surface area contributed by atoms with Crippen LogP contribution in [0.1, 0.15) is 36.0 Å². The van der Waals surface area contributed by atoms with Crippen LogP contribution in [0.25, 0.3) is 0 Å². The van der Waals surface area contributed by atoms with Crippen molar-refractivity contribution in [3.05, 3.63) is 70.2 Å². The summed E-state index contributed by atoms with van der Waals surface area (Å²) in [5.74, 6) is 0.0348. The van der Waals surface area contributed by atoms with Gasteiger partial charge >= 0.3 is 6.18 Å². The number of amides is 1. The maximum absolute atomic E-state index is 15.2. The molecule has 1 aliphatic carbocycles. The van der Waals surface area contributed by atoms with Gasteiger partial charge in [0.15, 0.2) is 5.67 Å². The van der Waals surface area contributed by atoms with Gasteiger partial charge in [-0.25, -0.2) is 4.39 Å². The van der Waals surface area contributed by atoms with E-state index in [0.29, 0.717) is 11.1 Å². The lowest BCUT2D eigenvalue weighted by molar-refractivity contribution is -0.275. The number of benzene rings is 2. The molecule has 1 atom stereocenters. The molecule has 1 saturated heterocycles. The van der Waals surface area contributed by atoms with Gasteiger partial charge in [0, 0.05) is 22.9 Å². The molecule has 0 aromatic heterocycles. The second kappa shape index (κ2) is 7.20. The molecule has 32 heavy (non-hydrogen) atoms. The Morgan fingerprint density at radius 2 is 1.78 bits per heavy atom. The van der Waals surface area contributed by atoms with Gasteiger partial charge in [0.2, 0.25) is 5.91 Å². The maximum atomic E-state index is 15.2. The van der Waals surface area contributed by atoms with Crippen molar-refractivity contribution in [2.45, 2.75) is 36.7 Å². The van der Waals surface area contributed by atoms with Crippen LogP contribution in [0, 0.1) is 5.92 Å². The molecule has 0 bridgehead atoms. The lowest BCUT2D eigenvalue weighted by Crippen LogP contribution is -2.59. The summed E-state index contributed by atoms with van der Waals surface area (Å²) in [5.41, 5.74) is -3.50. The van der Waals surface area contributed by atoms with Crippen molar-refractivity contribution in [1.29, 1.82) is 0 Å². The molecule has 168 valence electrons. The summed E-state index contributed by atoms with van der Waals surface area (Å²) in [6.45, 7) is -0.00459. The Bertz CT molecular complexity index is 1090. The first-order chi connectivity index (χ1) is 15.1. The number of carbonyl (C=O) groups excluding carboxylic acids is 1. The van der Waals surface area contributed by atoms with E-state index in [4.69, 9.17) is 16.4 Å². The van der Waals surface area contributed by atoms with Crippen LogP contribution in [0.3, 0.4) is 0 Å². The van der Waals surface area contributed by atoms with E-state index in [-0.39, 0.29) is 41.2 Å². The van der Waals surface area contributed by atoms with E-state index in [1.807, 2.05) is 0 Å². The fourth-order valence-electron chi connectivity index (χ4n) is 4.25. The van der Waals surface area contributed by atoms with E-state index < -0.39 is 23.9 Å². The average Bonchev–Trinajstić information content (AvgIpc) is 3.48. The number of carbonyl (C=O) groups is 1. The van der Waals surface area contributed by atoms with E-state index in [2.05, 4.69) is 5.16 Å². The number of oxime groups is 1. The molecule has 2 fully saturated rings. The van der Waals surface area contributed by atoms with Crippen molar-refractivity contribution in [1.82, 2.24) is 4.90 Å². The number of likely N-dealkylation sites (tertiary alicyclic amines) is 1. The topological polar surface area (TPSA) is 41.9 Å². The maximum Gasteiger partial charge on any atom is 0.435 e. The predicted molar refractivity (Wildman–Crippen MR) is 110 cm³/mol. The normalized spacial score (nSPS) is 24.5. The van der Waals surface area contributed by atoms with Gasteiger partial charge in [0.25, 0.3) is 5.60 Å². The van der Waals surface area contributed by atoms with Gasteiger partial charge < -0.3 is 9.74 Å². The number of hydrogen-bond donors (Lipinski definition) is 0. The highest BCUT2D eigenvalue weighted by Gasteiger charge is 2.62. The molecule has 0 N–H and O–H groups in total. The smallest absolute Gasteiger partial charge is 0.374 e. The van der Waals surface area contributed by atoms with Crippen molar-refractivity contribution < 1.29 is 27.2 Å². The van der Waals surface area contributed by atoms with E-state index in [1.54, 1.807) is 0 Å². The Kier molecular flexibility index (Phi) is 4.78. The summed E-state index contributed by atoms with van der Waals surface area (Å²) in [7, 11) is 0. The zero-order valence-corrected chi connectivity index (χ0v) is 17.6. The number of halogens is 5. The van der Waals surface area contributed by atoms with Crippen LogP contribution in [0.15, 0.2) is 53.7 Å². The molecule has 4 nitrogen and oxygen atoms in total. The highest BCUT2D eigenvalue weighted by Crippen LogP contribution is 2.49. The lowest BCUT2D eigenvalue weighted by atomic mass is 9.84. The molecule has 0 radical (unpaired) electrons. The van der Waals surface area contributed by atoms with Gasteiger partial charge in [-0.2, -0.15) is 13.2 Å². The van der Waals surface area contributed by atoms with Gasteiger partial charge in [-0.05, 0) is 36.1 Å². The Balaban J connectivity index is 1.33. The first-order valence-electron chi connectivity index (χ1n) is 10.3. The summed E-state index contributed by atoms with van der Waals surface area (Å²) in [6.07, 6.45) is -3.53. The quantitative estimate of drug-likeness (QED) is 0.571. The fraction of sp³-hybridized carbons (Fsp3) is 0.391. The third kappa shape index (κ3) is 3.45. The number of rotatable bonds is 4. The van der Waals surface area contributed by atoms with E-state index >= 15 is 4.39 Å². The highest BCUT2D eigenvalue weighted by atomic mass is 35.5. The minimum absolute atomic E-state index is 0.00229. The van der Waals surface area contributed by atoms with Gasteiger partial charge in [-0.1, -0.05) is 53.2 Å². The van der Waals surface area contributed by atoms with Gasteiger partial charge in [-0.3, -0.25) is 4.79 Å². The van der Waals surface area contributed by atoms with Crippen LogP contribution in [0.2, 0.25) is 5.02 Å². The van der Waals surface area contributed by atoms with Crippen LogP contribution in [-0.4, -0.2) is 35.8 Å². The van der Waals surface area contributed by atoms with Crippen molar-refractivity contribution in [2.75, 3.05) is 13.1 Å². The molecule has 9 heteroatoms. The Morgan fingerprint density at radius 3 is 2.38 bits per heavy atom. The van der Waals surface area contributed by atoms with Crippen LogP contribution >= 0.6 is 11.6 Å². The number of hydrogen-bond acceptors (Lipinski definition) is 3. The Morgan fingerprint density at radius 1 is 1.09 bits per heavy atom. The Labute approximate surface area is 186 Å². The zero-order chi connectivity index (χ0) is 22.7. The molecule has 2 heterocycles.